The molecule has 11 heteroatoms. The van der Waals surface area contributed by atoms with E-state index in [1.807, 2.05) is 12.1 Å². The first-order valence-electron chi connectivity index (χ1n) is 11.8. The number of aromatic hydroxyl groups is 2. The van der Waals surface area contributed by atoms with Gasteiger partial charge in [0.15, 0.2) is 5.78 Å². The molecule has 1 aliphatic rings. The minimum atomic E-state index is -5.08. The minimum absolute atomic E-state index is 0.0858. The summed E-state index contributed by atoms with van der Waals surface area (Å²) >= 11 is 1.45. The number of carboxylic acid groups (broad SMARTS) is 1. The molecule has 4 aromatic rings. The van der Waals surface area contributed by atoms with Crippen molar-refractivity contribution in [1.29, 1.82) is 0 Å². The molecule has 0 aliphatic carbocycles. The predicted molar refractivity (Wildman–Crippen MR) is 141 cm³/mol. The first kappa shape index (κ1) is 27.9. The van der Waals surface area contributed by atoms with E-state index >= 15 is 0 Å². The van der Waals surface area contributed by atoms with Crippen LogP contribution in [-0.2, 0) is 4.79 Å². The molecule has 0 spiro atoms. The Balaban J connectivity index is 0.000000448. The highest BCUT2D eigenvalue weighted by atomic mass is 32.1. The van der Waals surface area contributed by atoms with Crippen LogP contribution in [0.1, 0.15) is 22.8 Å². The van der Waals surface area contributed by atoms with Gasteiger partial charge >= 0.3 is 12.1 Å². The van der Waals surface area contributed by atoms with Crippen LogP contribution >= 0.6 is 11.3 Å². The second kappa shape index (κ2) is 11.3. The molecule has 39 heavy (non-hydrogen) atoms. The first-order chi connectivity index (χ1) is 18.5. The number of ether oxygens (including phenoxy) is 1. The van der Waals surface area contributed by atoms with E-state index in [9.17, 15) is 28.2 Å². The van der Waals surface area contributed by atoms with Crippen molar-refractivity contribution < 1.29 is 42.8 Å². The summed E-state index contributed by atoms with van der Waals surface area (Å²) in [5, 5.41) is 27.5. The van der Waals surface area contributed by atoms with E-state index in [0.29, 0.717) is 11.1 Å². The van der Waals surface area contributed by atoms with Gasteiger partial charge in [0.05, 0.1) is 0 Å². The molecule has 0 unspecified atom stereocenters. The number of aliphatic carboxylic acids is 1. The summed E-state index contributed by atoms with van der Waals surface area (Å²) in [5.41, 5.74) is 2.02. The molecular weight excluding hydrogens is 535 g/mol. The van der Waals surface area contributed by atoms with Gasteiger partial charge in [0.2, 0.25) is 0 Å². The molecule has 0 atom stereocenters. The summed E-state index contributed by atoms with van der Waals surface area (Å²) < 4.78 is 38.6. The molecule has 1 aliphatic heterocycles. The summed E-state index contributed by atoms with van der Waals surface area (Å²) in [5.74, 6) is -1.75. The third kappa shape index (κ3) is 6.50. The molecule has 2 heterocycles. The number of halogens is 3. The number of carboxylic acids is 1. The predicted octanol–water partition coefficient (Wildman–Crippen LogP) is 5.93. The van der Waals surface area contributed by atoms with Gasteiger partial charge in [0.25, 0.3) is 0 Å². The van der Waals surface area contributed by atoms with Gasteiger partial charge < -0.3 is 20.1 Å². The number of ketones is 1. The highest BCUT2D eigenvalue weighted by Crippen LogP contribution is 2.41. The molecule has 5 rings (SSSR count). The monoisotopic (exact) mass is 559 g/mol. The van der Waals surface area contributed by atoms with Gasteiger partial charge in [-0.25, -0.2) is 4.79 Å². The Labute approximate surface area is 225 Å². The normalized spacial score (nSPS) is 13.8. The highest BCUT2D eigenvalue weighted by molar-refractivity contribution is 7.22. The van der Waals surface area contributed by atoms with Crippen molar-refractivity contribution in [2.24, 2.45) is 0 Å². The molecule has 204 valence electrons. The largest absolute Gasteiger partial charge is 0.508 e. The fourth-order valence-electron chi connectivity index (χ4n) is 4.00. The van der Waals surface area contributed by atoms with E-state index in [1.54, 1.807) is 54.6 Å². The fourth-order valence-corrected chi connectivity index (χ4v) is 5.24. The van der Waals surface area contributed by atoms with E-state index in [1.165, 1.54) is 11.3 Å². The first-order valence-corrected chi connectivity index (χ1v) is 12.7. The van der Waals surface area contributed by atoms with Gasteiger partial charge in [-0.1, -0.05) is 6.92 Å². The number of nitrogens with zero attached hydrogens (tertiary/aromatic N) is 1. The van der Waals surface area contributed by atoms with Gasteiger partial charge in [-0.15, -0.1) is 11.3 Å². The van der Waals surface area contributed by atoms with Crippen LogP contribution in [0.15, 0.2) is 66.7 Å². The summed E-state index contributed by atoms with van der Waals surface area (Å²) in [4.78, 5) is 25.6. The number of hydrogen-bond acceptors (Lipinski definition) is 7. The number of alkyl halides is 3. The molecule has 3 aromatic carbocycles. The van der Waals surface area contributed by atoms with Crippen molar-refractivity contribution in [3.63, 3.8) is 0 Å². The Hall–Kier alpha value is -4.09. The van der Waals surface area contributed by atoms with Crippen LogP contribution in [0.4, 0.5) is 13.2 Å². The van der Waals surface area contributed by atoms with Gasteiger partial charge in [-0.3, -0.25) is 9.69 Å². The van der Waals surface area contributed by atoms with Crippen LogP contribution in [-0.4, -0.2) is 63.9 Å². The number of benzene rings is 3. The number of carbonyl (C=O) groups excluding carboxylic acids is 1. The minimum Gasteiger partial charge on any atom is -0.508 e. The number of hydrogen-bond donors (Lipinski definition) is 3. The molecule has 7 nitrogen and oxygen atoms in total. The van der Waals surface area contributed by atoms with Crippen LogP contribution in [0.5, 0.6) is 17.2 Å². The Morgan fingerprint density at radius 2 is 1.56 bits per heavy atom. The van der Waals surface area contributed by atoms with Crippen molar-refractivity contribution in [3.8, 4) is 27.7 Å². The van der Waals surface area contributed by atoms with Gasteiger partial charge in [0.1, 0.15) is 23.4 Å². The molecule has 1 saturated heterocycles. The van der Waals surface area contributed by atoms with Crippen LogP contribution < -0.4 is 4.74 Å². The number of thiophene rings is 1. The van der Waals surface area contributed by atoms with Gasteiger partial charge in [0, 0.05) is 39.2 Å². The Kier molecular flexibility index (Phi) is 8.12. The quantitative estimate of drug-likeness (QED) is 0.252. The number of rotatable bonds is 6. The topological polar surface area (TPSA) is 107 Å². The number of likely N-dealkylation sites (tertiary alicyclic amines) is 1. The average Bonchev–Trinajstić information content (AvgIpc) is 3.24. The lowest BCUT2D eigenvalue weighted by Gasteiger charge is -2.38. The van der Waals surface area contributed by atoms with Crippen LogP contribution in [0.25, 0.3) is 20.5 Å². The van der Waals surface area contributed by atoms with Crippen LogP contribution in [0.3, 0.4) is 0 Å². The van der Waals surface area contributed by atoms with Crippen LogP contribution in [0.2, 0.25) is 0 Å². The number of fused-ring (bicyclic) bond motifs is 1. The second-order valence-corrected chi connectivity index (χ2v) is 9.83. The number of likely N-dealkylation sites (N-methyl/N-ethyl adjacent to an activating group) is 1. The van der Waals surface area contributed by atoms with E-state index < -0.39 is 12.1 Å². The lowest BCUT2D eigenvalue weighted by atomic mass is 9.97. The SMILES string of the molecule is CCN1CC(Oc2ccc(C(=O)c3c(-c4ccc(O)cc4)sc4cc(O)ccc34)cc2)C1.O=C(O)C(F)(F)F. The maximum atomic E-state index is 13.6. The third-order valence-corrected chi connectivity index (χ3v) is 7.26. The van der Waals surface area contributed by atoms with Crippen molar-refractivity contribution in [3.05, 3.63) is 77.9 Å². The Bertz CT molecular complexity index is 1480. The zero-order valence-electron chi connectivity index (χ0n) is 20.6. The van der Waals surface area contributed by atoms with Gasteiger partial charge in [-0.05, 0) is 78.8 Å². The molecular formula is C28H24F3NO6S. The summed E-state index contributed by atoms with van der Waals surface area (Å²) in [6.07, 6.45) is -4.88. The zero-order chi connectivity index (χ0) is 28.3. The highest BCUT2D eigenvalue weighted by Gasteiger charge is 2.38. The van der Waals surface area contributed by atoms with E-state index in [4.69, 9.17) is 14.6 Å². The van der Waals surface area contributed by atoms with Crippen molar-refractivity contribution in [2.75, 3.05) is 19.6 Å². The third-order valence-electron chi connectivity index (χ3n) is 6.06. The maximum Gasteiger partial charge on any atom is 0.490 e. The van der Waals surface area contributed by atoms with Crippen molar-refractivity contribution in [1.82, 2.24) is 4.90 Å². The fraction of sp³-hybridized carbons (Fsp3) is 0.214. The van der Waals surface area contributed by atoms with Crippen LogP contribution in [0, 0.1) is 0 Å². The zero-order valence-corrected chi connectivity index (χ0v) is 21.4. The van der Waals surface area contributed by atoms with Crippen molar-refractivity contribution >= 4 is 33.2 Å². The Morgan fingerprint density at radius 3 is 2.13 bits per heavy atom. The summed E-state index contributed by atoms with van der Waals surface area (Å²) in [6, 6.07) is 19.2. The number of phenolic OH excluding ortho intramolecular Hbond substituents is 2. The average molecular weight is 560 g/mol. The molecule has 0 radical (unpaired) electrons. The summed E-state index contributed by atoms with van der Waals surface area (Å²) in [7, 11) is 0. The molecule has 1 aromatic heterocycles. The molecule has 1 fully saturated rings. The number of phenols is 2. The maximum absolute atomic E-state index is 13.6. The molecule has 0 amide bonds. The second-order valence-electron chi connectivity index (χ2n) is 8.78. The smallest absolute Gasteiger partial charge is 0.490 e. The molecule has 0 bridgehead atoms. The molecule has 0 saturated carbocycles. The molecule has 3 N–H and O–H groups in total. The lowest BCUT2D eigenvalue weighted by Crippen LogP contribution is -2.53. The van der Waals surface area contributed by atoms with E-state index in [0.717, 1.165) is 45.9 Å². The number of carbonyl (C=O) groups is 2. The summed E-state index contributed by atoms with van der Waals surface area (Å²) in [6.45, 7) is 5.03. The standard InChI is InChI=1S/C26H23NO4S.C2HF3O2/c1-2-27-14-21(15-27)31-20-10-5-16(6-11-20)25(30)24-22-12-9-19(29)13-23(22)32-26(24)17-3-7-18(28)8-4-17;3-2(4,5)1(6)7/h3-13,21,28-29H,2,14-15H2,1H3;(H,6,7). The van der Waals surface area contributed by atoms with Gasteiger partial charge in [-0.2, -0.15) is 13.2 Å². The Morgan fingerprint density at radius 1 is 0.974 bits per heavy atom. The van der Waals surface area contributed by atoms with Crippen molar-refractivity contribution in [2.45, 2.75) is 19.2 Å². The van der Waals surface area contributed by atoms with E-state index in [-0.39, 0.29) is 23.4 Å². The lowest BCUT2D eigenvalue weighted by molar-refractivity contribution is -0.192. The van der Waals surface area contributed by atoms with E-state index in [2.05, 4.69) is 11.8 Å².